The Balaban J connectivity index is 1.40. The molecule has 26 heavy (non-hydrogen) atoms. The van der Waals surface area contributed by atoms with E-state index in [-0.39, 0.29) is 5.82 Å². The van der Waals surface area contributed by atoms with Crippen LogP contribution in [-0.2, 0) is 0 Å². The second-order valence-electron chi connectivity index (χ2n) is 6.88. The normalized spacial score (nSPS) is 16.0. The SMILES string of the molecule is Cc1cc2ncnc(N3CCC(c4noc5cc(F)ccc45)CC3)c2[nH]1. The Kier molecular flexibility index (Phi) is 3.41. The Bertz CT molecular complexity index is 1090. The van der Waals surface area contributed by atoms with Crippen molar-refractivity contribution in [1.29, 1.82) is 0 Å². The minimum Gasteiger partial charge on any atom is -0.356 e. The summed E-state index contributed by atoms with van der Waals surface area (Å²) in [5.74, 6) is 0.957. The lowest BCUT2D eigenvalue weighted by molar-refractivity contribution is 0.416. The maximum absolute atomic E-state index is 13.3. The van der Waals surface area contributed by atoms with E-state index in [0.29, 0.717) is 11.5 Å². The number of hydrogen-bond acceptors (Lipinski definition) is 5. The van der Waals surface area contributed by atoms with E-state index < -0.39 is 0 Å². The van der Waals surface area contributed by atoms with Crippen molar-refractivity contribution in [3.63, 3.8) is 0 Å². The Morgan fingerprint density at radius 2 is 2.04 bits per heavy atom. The first-order chi connectivity index (χ1) is 12.7. The number of nitrogens with one attached hydrogen (secondary N) is 1. The molecule has 0 unspecified atom stereocenters. The van der Waals surface area contributed by atoms with Crippen LogP contribution in [-0.4, -0.2) is 33.2 Å². The van der Waals surface area contributed by atoms with Gasteiger partial charge in [-0.1, -0.05) is 5.16 Å². The highest BCUT2D eigenvalue weighted by Crippen LogP contribution is 2.35. The van der Waals surface area contributed by atoms with Gasteiger partial charge in [-0.05, 0) is 38.0 Å². The maximum Gasteiger partial charge on any atom is 0.170 e. The number of H-pyrrole nitrogens is 1. The lowest BCUT2D eigenvalue weighted by Gasteiger charge is -2.32. The number of rotatable bonds is 2. The number of benzene rings is 1. The predicted octanol–water partition coefficient (Wildman–Crippen LogP) is 3.93. The summed E-state index contributed by atoms with van der Waals surface area (Å²) in [5.41, 5.74) is 4.47. The molecule has 4 aromatic rings. The zero-order valence-corrected chi connectivity index (χ0v) is 14.4. The first kappa shape index (κ1) is 15.3. The van der Waals surface area contributed by atoms with Crippen LogP contribution in [0.2, 0.25) is 0 Å². The van der Waals surface area contributed by atoms with E-state index in [4.69, 9.17) is 4.52 Å². The van der Waals surface area contributed by atoms with Gasteiger partial charge in [-0.3, -0.25) is 0 Å². The van der Waals surface area contributed by atoms with Gasteiger partial charge >= 0.3 is 0 Å². The van der Waals surface area contributed by atoms with Crippen LogP contribution in [0.1, 0.15) is 30.1 Å². The average molecular weight is 351 g/mol. The molecular formula is C19H18FN5O. The molecule has 0 bridgehead atoms. The topological polar surface area (TPSA) is 70.8 Å². The summed E-state index contributed by atoms with van der Waals surface area (Å²) in [6.07, 6.45) is 3.52. The van der Waals surface area contributed by atoms with Crippen molar-refractivity contribution in [3.8, 4) is 0 Å². The number of halogens is 1. The van der Waals surface area contributed by atoms with Crippen LogP contribution in [0.5, 0.6) is 0 Å². The van der Waals surface area contributed by atoms with Crippen molar-refractivity contribution < 1.29 is 8.91 Å². The van der Waals surface area contributed by atoms with Crippen LogP contribution in [0.3, 0.4) is 0 Å². The summed E-state index contributed by atoms with van der Waals surface area (Å²) in [6, 6.07) is 6.65. The summed E-state index contributed by atoms with van der Waals surface area (Å²) in [5, 5.41) is 5.13. The zero-order chi connectivity index (χ0) is 17.7. The maximum atomic E-state index is 13.3. The Morgan fingerprint density at radius 3 is 2.88 bits per heavy atom. The predicted molar refractivity (Wildman–Crippen MR) is 96.8 cm³/mol. The molecule has 6 nitrogen and oxygen atoms in total. The molecule has 132 valence electrons. The number of fused-ring (bicyclic) bond motifs is 2. The van der Waals surface area contributed by atoms with Gasteiger partial charge < -0.3 is 14.4 Å². The molecule has 0 radical (unpaired) electrons. The van der Waals surface area contributed by atoms with Crippen molar-refractivity contribution in [2.75, 3.05) is 18.0 Å². The van der Waals surface area contributed by atoms with Crippen molar-refractivity contribution in [1.82, 2.24) is 20.1 Å². The lowest BCUT2D eigenvalue weighted by Crippen LogP contribution is -2.33. The molecule has 1 N–H and O–H groups in total. The molecule has 0 saturated carbocycles. The van der Waals surface area contributed by atoms with E-state index >= 15 is 0 Å². The van der Waals surface area contributed by atoms with Crippen LogP contribution < -0.4 is 4.90 Å². The molecular weight excluding hydrogens is 333 g/mol. The van der Waals surface area contributed by atoms with Gasteiger partial charge in [0, 0.05) is 36.2 Å². The third-order valence-corrected chi connectivity index (χ3v) is 5.18. The zero-order valence-electron chi connectivity index (χ0n) is 14.4. The number of anilines is 1. The standard InChI is InChI=1S/C19H18FN5O/c1-11-8-15-18(23-11)19(22-10-21-15)25-6-4-12(5-7-25)17-14-3-2-13(20)9-16(14)26-24-17/h2-3,8-10,12,23H,4-7H2,1H3. The molecule has 5 rings (SSSR count). The van der Waals surface area contributed by atoms with Crippen LogP contribution in [0.15, 0.2) is 35.1 Å². The highest BCUT2D eigenvalue weighted by molar-refractivity contribution is 5.86. The average Bonchev–Trinajstić information content (AvgIpc) is 3.23. The van der Waals surface area contributed by atoms with E-state index in [1.165, 1.54) is 12.1 Å². The van der Waals surface area contributed by atoms with Crippen LogP contribution in [0.25, 0.3) is 22.0 Å². The molecule has 1 fully saturated rings. The van der Waals surface area contributed by atoms with Crippen molar-refractivity contribution in [2.24, 2.45) is 0 Å². The molecule has 0 aliphatic carbocycles. The van der Waals surface area contributed by atoms with E-state index in [2.05, 4.69) is 25.0 Å². The number of piperidine rings is 1. The lowest BCUT2D eigenvalue weighted by atomic mass is 9.91. The van der Waals surface area contributed by atoms with Crippen LogP contribution in [0.4, 0.5) is 10.2 Å². The number of hydrogen-bond donors (Lipinski definition) is 1. The summed E-state index contributed by atoms with van der Waals surface area (Å²) in [4.78, 5) is 14.5. The molecule has 3 aromatic heterocycles. The van der Waals surface area contributed by atoms with Gasteiger partial charge in [-0.15, -0.1) is 0 Å². The minimum atomic E-state index is -0.302. The Hall–Kier alpha value is -2.96. The molecule has 0 atom stereocenters. The summed E-state index contributed by atoms with van der Waals surface area (Å²) in [7, 11) is 0. The molecule has 1 aromatic carbocycles. The molecule has 0 spiro atoms. The molecule has 0 amide bonds. The largest absolute Gasteiger partial charge is 0.356 e. The summed E-state index contributed by atoms with van der Waals surface area (Å²) < 4.78 is 18.7. The van der Waals surface area contributed by atoms with E-state index in [1.807, 2.05) is 13.0 Å². The molecule has 1 aliphatic rings. The Morgan fingerprint density at radius 1 is 1.19 bits per heavy atom. The summed E-state index contributed by atoms with van der Waals surface area (Å²) >= 11 is 0. The van der Waals surface area contributed by atoms with Crippen molar-refractivity contribution in [2.45, 2.75) is 25.7 Å². The third kappa shape index (κ3) is 2.42. The van der Waals surface area contributed by atoms with E-state index in [9.17, 15) is 4.39 Å². The molecule has 1 aliphatic heterocycles. The second-order valence-corrected chi connectivity index (χ2v) is 6.88. The van der Waals surface area contributed by atoms with Gasteiger partial charge in [0.1, 0.15) is 17.7 Å². The minimum absolute atomic E-state index is 0.302. The highest BCUT2D eigenvalue weighted by Gasteiger charge is 2.26. The fourth-order valence-corrected chi connectivity index (χ4v) is 3.89. The molecule has 7 heteroatoms. The highest BCUT2D eigenvalue weighted by atomic mass is 19.1. The van der Waals surface area contributed by atoms with Gasteiger partial charge in [-0.25, -0.2) is 14.4 Å². The number of aromatic nitrogens is 4. The monoisotopic (exact) mass is 351 g/mol. The number of aryl methyl sites for hydroxylation is 1. The fraction of sp³-hybridized carbons (Fsp3) is 0.316. The first-order valence-corrected chi connectivity index (χ1v) is 8.79. The van der Waals surface area contributed by atoms with Crippen LogP contribution >= 0.6 is 0 Å². The third-order valence-electron chi connectivity index (χ3n) is 5.18. The number of aromatic amines is 1. The van der Waals surface area contributed by atoms with E-state index in [0.717, 1.165) is 59.6 Å². The first-order valence-electron chi connectivity index (χ1n) is 8.79. The van der Waals surface area contributed by atoms with Gasteiger partial charge in [-0.2, -0.15) is 0 Å². The smallest absolute Gasteiger partial charge is 0.170 e. The van der Waals surface area contributed by atoms with Gasteiger partial charge in [0.15, 0.2) is 11.4 Å². The number of nitrogens with zero attached hydrogens (tertiary/aromatic N) is 4. The van der Waals surface area contributed by atoms with Crippen molar-refractivity contribution >= 4 is 27.8 Å². The van der Waals surface area contributed by atoms with Gasteiger partial charge in [0.05, 0.1) is 11.2 Å². The van der Waals surface area contributed by atoms with Gasteiger partial charge in [0.25, 0.3) is 0 Å². The van der Waals surface area contributed by atoms with Crippen LogP contribution in [0, 0.1) is 12.7 Å². The van der Waals surface area contributed by atoms with Gasteiger partial charge in [0.2, 0.25) is 0 Å². The second kappa shape index (κ2) is 5.79. The fourth-order valence-electron chi connectivity index (χ4n) is 3.89. The quantitative estimate of drug-likeness (QED) is 0.592. The van der Waals surface area contributed by atoms with E-state index in [1.54, 1.807) is 12.4 Å². The molecule has 1 saturated heterocycles. The van der Waals surface area contributed by atoms with Crippen molar-refractivity contribution in [3.05, 3.63) is 47.8 Å². The Labute approximate surface area is 149 Å². The summed E-state index contributed by atoms with van der Waals surface area (Å²) in [6.45, 7) is 3.78. The molecule has 4 heterocycles.